The molecule has 0 radical (unpaired) electrons. The van der Waals surface area contributed by atoms with E-state index < -0.39 is 22.6 Å². The van der Waals surface area contributed by atoms with Crippen LogP contribution < -0.4 is 0 Å². The fourth-order valence-corrected chi connectivity index (χ4v) is 5.84. The van der Waals surface area contributed by atoms with E-state index in [4.69, 9.17) is 9.26 Å². The van der Waals surface area contributed by atoms with Crippen LogP contribution in [0.2, 0.25) is 0 Å². The Hall–Kier alpha value is -3.30. The lowest BCUT2D eigenvalue weighted by Gasteiger charge is -2.55. The Morgan fingerprint density at radius 3 is 2.47 bits per heavy atom. The molecule has 3 aromatic rings. The summed E-state index contributed by atoms with van der Waals surface area (Å²) < 4.78 is 10.8. The molecule has 1 saturated carbocycles. The van der Waals surface area contributed by atoms with E-state index in [0.717, 1.165) is 31.5 Å². The molecule has 1 aliphatic carbocycles. The van der Waals surface area contributed by atoms with Crippen LogP contribution in [-0.2, 0) is 15.9 Å². The van der Waals surface area contributed by atoms with Crippen LogP contribution in [0.25, 0.3) is 11.4 Å². The van der Waals surface area contributed by atoms with Gasteiger partial charge in [-0.15, -0.1) is 0 Å². The van der Waals surface area contributed by atoms with Crippen molar-refractivity contribution in [3.05, 3.63) is 65.3 Å². The number of hydrogen-bond acceptors (Lipinski definition) is 8. The zero-order valence-electron chi connectivity index (χ0n) is 23.1. The average molecular weight is 520 g/mol. The number of pyridine rings is 1. The van der Waals surface area contributed by atoms with Crippen LogP contribution in [0.15, 0.2) is 47.2 Å². The minimum Gasteiger partial charge on any atom is -0.450 e. The predicted molar refractivity (Wildman–Crippen MR) is 142 cm³/mol. The van der Waals surface area contributed by atoms with Gasteiger partial charge in [-0.3, -0.25) is 9.88 Å². The number of carbonyl (C=O) groups is 1. The molecule has 9 heteroatoms. The first-order valence-electron chi connectivity index (χ1n) is 13.3. The van der Waals surface area contributed by atoms with E-state index >= 15 is 0 Å². The van der Waals surface area contributed by atoms with Crippen LogP contribution in [0.3, 0.4) is 0 Å². The third-order valence-corrected chi connectivity index (χ3v) is 8.25. The van der Waals surface area contributed by atoms with Gasteiger partial charge >= 0.3 is 6.09 Å². The van der Waals surface area contributed by atoms with Crippen molar-refractivity contribution < 1.29 is 19.2 Å². The number of aromatic nitrogens is 3. The van der Waals surface area contributed by atoms with Crippen molar-refractivity contribution in [2.24, 2.45) is 5.41 Å². The molecule has 2 aromatic heterocycles. The SMILES string of the molecule is CCOC(=O)N(C)C1(c2nc(-c3cncc([C@@](O)(c4ccc(C(C)C)cc4)C4(C)CN(C)C4)c3)no2)CC1. The third-order valence-electron chi connectivity index (χ3n) is 8.25. The maximum Gasteiger partial charge on any atom is 0.410 e. The molecule has 202 valence electrons. The lowest BCUT2D eigenvalue weighted by Crippen LogP contribution is -2.63. The first kappa shape index (κ1) is 26.3. The Morgan fingerprint density at radius 2 is 1.89 bits per heavy atom. The highest BCUT2D eigenvalue weighted by Gasteiger charge is 2.56. The molecule has 2 fully saturated rings. The Labute approximate surface area is 223 Å². The summed E-state index contributed by atoms with van der Waals surface area (Å²) in [6.07, 6.45) is 4.42. The van der Waals surface area contributed by atoms with Gasteiger partial charge in [-0.25, -0.2) is 4.79 Å². The summed E-state index contributed by atoms with van der Waals surface area (Å²) in [4.78, 5) is 25.2. The number of nitrogens with zero attached hydrogens (tertiary/aromatic N) is 5. The molecular weight excluding hydrogens is 482 g/mol. The van der Waals surface area contributed by atoms with E-state index in [1.807, 2.05) is 18.2 Å². The highest BCUT2D eigenvalue weighted by Crippen LogP contribution is 2.52. The molecule has 1 amide bonds. The van der Waals surface area contributed by atoms with Gasteiger partial charge in [0.2, 0.25) is 5.82 Å². The molecule has 0 unspecified atom stereocenters. The van der Waals surface area contributed by atoms with Crippen LogP contribution >= 0.6 is 0 Å². The van der Waals surface area contributed by atoms with Crippen molar-refractivity contribution in [3.8, 4) is 11.4 Å². The smallest absolute Gasteiger partial charge is 0.410 e. The van der Waals surface area contributed by atoms with Gasteiger partial charge in [0, 0.05) is 49.1 Å². The van der Waals surface area contributed by atoms with Gasteiger partial charge in [-0.2, -0.15) is 4.98 Å². The van der Waals surface area contributed by atoms with Crippen LogP contribution in [0, 0.1) is 5.41 Å². The van der Waals surface area contributed by atoms with E-state index in [9.17, 15) is 9.90 Å². The van der Waals surface area contributed by atoms with Gasteiger partial charge in [-0.05, 0) is 49.9 Å². The zero-order valence-corrected chi connectivity index (χ0v) is 23.1. The number of aliphatic hydroxyl groups is 1. The monoisotopic (exact) mass is 519 g/mol. The number of benzene rings is 1. The van der Waals surface area contributed by atoms with Crippen molar-refractivity contribution in [2.45, 2.75) is 57.6 Å². The van der Waals surface area contributed by atoms with Gasteiger partial charge in [0.05, 0.1) is 6.61 Å². The second kappa shape index (κ2) is 9.47. The Morgan fingerprint density at radius 1 is 1.21 bits per heavy atom. The summed E-state index contributed by atoms with van der Waals surface area (Å²) in [7, 11) is 3.75. The largest absolute Gasteiger partial charge is 0.450 e. The summed E-state index contributed by atoms with van der Waals surface area (Å²) in [5.74, 6) is 1.14. The number of ether oxygens (including phenoxy) is 1. The van der Waals surface area contributed by atoms with Crippen molar-refractivity contribution in [1.29, 1.82) is 0 Å². The molecule has 1 N–H and O–H groups in total. The van der Waals surface area contributed by atoms with Gasteiger partial charge < -0.3 is 19.3 Å². The topological polar surface area (TPSA) is 105 Å². The summed E-state index contributed by atoms with van der Waals surface area (Å²) in [5.41, 5.74) is 1.04. The van der Waals surface area contributed by atoms with Gasteiger partial charge in [-0.1, -0.05) is 50.2 Å². The van der Waals surface area contributed by atoms with E-state index in [0.29, 0.717) is 35.4 Å². The Balaban J connectivity index is 1.51. The number of likely N-dealkylation sites (tertiary alicyclic amines) is 1. The lowest BCUT2D eigenvalue weighted by molar-refractivity contribution is -0.127. The molecule has 0 bridgehead atoms. The molecule has 0 spiro atoms. The second-order valence-electron chi connectivity index (χ2n) is 11.4. The average Bonchev–Trinajstić information content (AvgIpc) is 3.55. The molecule has 1 aliphatic heterocycles. The molecule has 2 aliphatic rings. The van der Waals surface area contributed by atoms with Gasteiger partial charge in [0.25, 0.3) is 5.89 Å². The summed E-state index contributed by atoms with van der Waals surface area (Å²) in [5, 5.41) is 16.7. The Bertz CT molecular complexity index is 1310. The zero-order chi connectivity index (χ0) is 27.3. The van der Waals surface area contributed by atoms with Crippen LogP contribution in [-0.4, -0.2) is 69.9 Å². The number of amides is 1. The Kier molecular flexibility index (Phi) is 6.55. The summed E-state index contributed by atoms with van der Waals surface area (Å²) in [6.45, 7) is 10.00. The molecule has 3 heterocycles. The van der Waals surface area contributed by atoms with Crippen molar-refractivity contribution >= 4 is 6.09 Å². The molecular formula is C29H37N5O4. The van der Waals surface area contributed by atoms with E-state index in [2.05, 4.69) is 60.0 Å². The highest BCUT2D eigenvalue weighted by atomic mass is 16.6. The molecule has 38 heavy (non-hydrogen) atoms. The van der Waals surface area contributed by atoms with E-state index in [1.165, 1.54) is 10.5 Å². The minimum absolute atomic E-state index is 0.296. The maximum atomic E-state index is 12.5. The molecule has 5 rings (SSSR count). The normalized spacial score (nSPS) is 19.5. The lowest BCUT2D eigenvalue weighted by atomic mass is 9.62. The van der Waals surface area contributed by atoms with E-state index in [1.54, 1.807) is 26.4 Å². The van der Waals surface area contributed by atoms with Crippen molar-refractivity contribution in [3.63, 3.8) is 0 Å². The maximum absolute atomic E-state index is 12.5. The standard InChI is InChI=1S/C29H37N5O4/c1-7-37-26(35)34(6)28(12-13-28)25-31-24(32-38-25)21-14-23(16-30-15-21)29(36,27(4)17-33(5)18-27)22-10-8-20(9-11-22)19(2)3/h8-11,14-16,19,36H,7,12-13,17-18H2,1-6H3/t29-/m0/s1. The van der Waals surface area contributed by atoms with Crippen molar-refractivity contribution in [2.75, 3.05) is 33.8 Å². The molecule has 9 nitrogen and oxygen atoms in total. The number of hydrogen-bond donors (Lipinski definition) is 1. The second-order valence-corrected chi connectivity index (χ2v) is 11.4. The number of rotatable bonds is 8. The van der Waals surface area contributed by atoms with Gasteiger partial charge in [0.1, 0.15) is 11.1 Å². The van der Waals surface area contributed by atoms with Crippen LogP contribution in [0.1, 0.15) is 69.0 Å². The van der Waals surface area contributed by atoms with Crippen LogP contribution in [0.5, 0.6) is 0 Å². The minimum atomic E-state index is -1.27. The molecule has 1 atom stereocenters. The van der Waals surface area contributed by atoms with Crippen LogP contribution in [0.4, 0.5) is 4.79 Å². The predicted octanol–water partition coefficient (Wildman–Crippen LogP) is 4.52. The third kappa shape index (κ3) is 4.18. The summed E-state index contributed by atoms with van der Waals surface area (Å²) >= 11 is 0. The highest BCUT2D eigenvalue weighted by molar-refractivity contribution is 5.69. The fraction of sp³-hybridized carbons (Fsp3) is 0.517. The first-order valence-corrected chi connectivity index (χ1v) is 13.3. The fourth-order valence-electron chi connectivity index (χ4n) is 5.84. The van der Waals surface area contributed by atoms with Crippen molar-refractivity contribution in [1.82, 2.24) is 24.9 Å². The quantitative estimate of drug-likeness (QED) is 0.463. The summed E-state index contributed by atoms with van der Waals surface area (Å²) in [6, 6.07) is 10.1. The van der Waals surface area contributed by atoms with E-state index in [-0.39, 0.29) is 0 Å². The molecule has 1 aromatic carbocycles. The van der Waals surface area contributed by atoms with Gasteiger partial charge in [0.15, 0.2) is 0 Å². The number of carbonyl (C=O) groups excluding carboxylic acids is 1. The molecule has 1 saturated heterocycles. The first-order chi connectivity index (χ1) is 18.0.